The van der Waals surface area contributed by atoms with E-state index < -0.39 is 16.1 Å². The summed E-state index contributed by atoms with van der Waals surface area (Å²) in [5.41, 5.74) is 0. The first kappa shape index (κ1) is 29.0. The molecule has 0 amide bonds. The van der Waals surface area contributed by atoms with Crippen LogP contribution in [0, 0.1) is 0 Å². The Balaban J connectivity index is -0.000000281. The van der Waals surface area contributed by atoms with Crippen LogP contribution in [-0.2, 0) is 42.0 Å². The molecule has 0 aliphatic rings. The molecule has 2 unspecified atom stereocenters. The van der Waals surface area contributed by atoms with Gasteiger partial charge in [0.25, 0.3) is 0 Å². The van der Waals surface area contributed by atoms with Crippen molar-refractivity contribution in [2.45, 2.75) is 25.9 Å². The van der Waals surface area contributed by atoms with E-state index in [9.17, 15) is 4.57 Å². The van der Waals surface area contributed by atoms with Crippen LogP contribution in [0.15, 0.2) is 30.3 Å². The maximum absolute atomic E-state index is 13.0. The normalized spacial score (nSPS) is 14.4. The van der Waals surface area contributed by atoms with E-state index in [1.54, 1.807) is 0 Å². The van der Waals surface area contributed by atoms with E-state index in [0.29, 0.717) is 0 Å². The zero-order valence-corrected chi connectivity index (χ0v) is 21.6. The Labute approximate surface area is 162 Å². The smallest absolute Gasteiger partial charge is 1.00 e. The fraction of sp³-hybridized carbons (Fsp3) is 0.455. The third kappa shape index (κ3) is 6.67. The molecule has 0 saturated carbocycles. The van der Waals surface area contributed by atoms with Crippen LogP contribution in [0.2, 0.25) is 0 Å². The Morgan fingerprint density at radius 3 is 1.68 bits per heavy atom. The summed E-state index contributed by atoms with van der Waals surface area (Å²) in [6, 6.07) is 9.59. The van der Waals surface area contributed by atoms with E-state index in [4.69, 9.17) is 10.7 Å². The van der Waals surface area contributed by atoms with Crippen molar-refractivity contribution in [2.24, 2.45) is 0 Å². The van der Waals surface area contributed by atoms with Gasteiger partial charge in [-0.25, -0.2) is 0 Å². The average Bonchev–Trinajstić information content (AvgIpc) is 2.16. The molecule has 0 aromatic heterocycles. The molecule has 0 spiro atoms. The Hall–Kier alpha value is 1.90. The second-order valence-electron chi connectivity index (χ2n) is 4.46. The molecule has 2 atom stereocenters. The first-order chi connectivity index (χ1) is 6.80. The van der Waals surface area contributed by atoms with Crippen LogP contribution >= 0.6 is 17.0 Å². The molecule has 108 valence electrons. The largest absolute Gasteiger partial charge is 2.00 e. The van der Waals surface area contributed by atoms with Crippen molar-refractivity contribution in [1.29, 1.82) is 0 Å². The zero-order chi connectivity index (χ0) is 11.7. The molecule has 0 fully saturated rings. The van der Waals surface area contributed by atoms with Crippen molar-refractivity contribution in [1.82, 2.24) is 0 Å². The van der Waals surface area contributed by atoms with Gasteiger partial charge in [0.15, 0.2) is 20.4 Å². The minimum Gasteiger partial charge on any atom is -1.00 e. The van der Waals surface area contributed by atoms with E-state index >= 15 is 0 Å². The van der Waals surface area contributed by atoms with Gasteiger partial charge in [0.2, 0.25) is 0 Å². The maximum atomic E-state index is 13.0. The fourth-order valence-corrected chi connectivity index (χ4v) is 10.00. The molecule has 1 rings (SSSR count). The monoisotopic (exact) mass is 570 g/mol. The number of halogens is 4. The van der Waals surface area contributed by atoms with Gasteiger partial charge in [0.1, 0.15) is 6.26 Å². The first-order valence-electron chi connectivity index (χ1n) is 4.79. The topological polar surface area (TPSA) is 17.1 Å². The summed E-state index contributed by atoms with van der Waals surface area (Å²) in [6.45, 7) is 5.98. The van der Waals surface area contributed by atoms with E-state index in [0.717, 1.165) is 5.30 Å². The molecule has 1 aromatic carbocycles. The molecule has 8 heteroatoms. The van der Waals surface area contributed by atoms with Crippen molar-refractivity contribution in [3.05, 3.63) is 30.3 Å². The van der Waals surface area contributed by atoms with Crippen LogP contribution in [0.1, 0.15) is 20.8 Å². The Kier molecular flexibility index (Phi) is 17.5. The maximum Gasteiger partial charge on any atom is 2.00 e. The molecule has 19 heavy (non-hydrogen) atoms. The molecule has 1 nitrogen and oxygen atoms in total. The summed E-state index contributed by atoms with van der Waals surface area (Å²) < 4.78 is 13.0. The van der Waals surface area contributed by atoms with Crippen LogP contribution in [0.5, 0.6) is 0 Å². The minimum atomic E-state index is -2.53. The zero-order valence-electron chi connectivity index (χ0n) is 11.4. The number of hydrogen-bond acceptors (Lipinski definition) is 1. The molecule has 0 saturated heterocycles. The van der Waals surface area contributed by atoms with Crippen LogP contribution in [-0.4, -0.2) is 11.4 Å². The summed E-state index contributed by atoms with van der Waals surface area (Å²) in [7, 11) is 5.56. The van der Waals surface area contributed by atoms with E-state index in [-0.39, 0.29) is 70.0 Å². The van der Waals surface area contributed by atoms with Gasteiger partial charge in [-0.15, -0.1) is 0 Å². The Morgan fingerprint density at radius 1 is 1.05 bits per heavy atom. The van der Waals surface area contributed by atoms with Crippen molar-refractivity contribution in [3.8, 4) is 0 Å². The van der Waals surface area contributed by atoms with E-state index in [1.165, 1.54) is 0 Å². The number of benzene rings is 1. The quantitative estimate of drug-likeness (QED) is 0.198. The number of rotatable bonds is 2. The number of hydrogen-bond donors (Lipinski definition) is 0. The standard InChI is InChI=1S/C11H17ClOPS.3ClH.Hg/c1-11(2,3)14(13,15(4)12)10-8-6-5-7-9-10;;;;/h5-9H,1-4H3;3*1H;/q+1;;;;+2/p-3. The third-order valence-corrected chi connectivity index (χ3v) is 11.9. The first-order valence-corrected chi connectivity index (χ1v) is 9.56. The Bertz CT molecular complexity index is 384. The van der Waals surface area contributed by atoms with Crippen LogP contribution in [0.25, 0.3) is 0 Å². The van der Waals surface area contributed by atoms with E-state index in [1.807, 2.05) is 57.4 Å². The van der Waals surface area contributed by atoms with Gasteiger partial charge in [-0.05, 0) is 32.9 Å². The van der Waals surface area contributed by atoms with Crippen LogP contribution in [0.4, 0.5) is 0 Å². The minimum absolute atomic E-state index is 0. The summed E-state index contributed by atoms with van der Waals surface area (Å²) in [6.07, 6.45) is -0.686. The molecule has 0 radical (unpaired) electrons. The predicted octanol–water partition coefficient (Wildman–Crippen LogP) is -5.20. The molecular weight excluding hydrogens is 554 g/mol. The van der Waals surface area contributed by atoms with Crippen molar-refractivity contribution in [2.75, 3.05) is 6.26 Å². The van der Waals surface area contributed by atoms with Crippen molar-refractivity contribution < 1.29 is 69.5 Å². The van der Waals surface area contributed by atoms with Gasteiger partial charge in [-0.3, -0.25) is 4.57 Å². The molecular formula is C11H17Cl4HgOPS. The molecule has 0 aliphatic heterocycles. The SMILES string of the molecule is C[S+](Cl)P(=O)(c1ccccc1)C(C)(C)C.[Cl-].[Cl-].[Cl-].[Hg+2]. The molecule has 0 N–H and O–H groups in total. The summed E-state index contributed by atoms with van der Waals surface area (Å²) >= 11 is 0. The molecule has 0 bridgehead atoms. The molecule has 0 aliphatic carbocycles. The van der Waals surface area contributed by atoms with E-state index in [2.05, 4.69) is 0 Å². The van der Waals surface area contributed by atoms with Gasteiger partial charge >= 0.3 is 34.0 Å². The molecule has 1 aromatic rings. The van der Waals surface area contributed by atoms with Gasteiger partial charge in [0.05, 0.1) is 10.5 Å². The Morgan fingerprint density at radius 2 is 1.42 bits per heavy atom. The van der Waals surface area contributed by atoms with Crippen LogP contribution in [0.3, 0.4) is 0 Å². The summed E-state index contributed by atoms with van der Waals surface area (Å²) in [4.78, 5) is 0. The van der Waals surface area contributed by atoms with Gasteiger partial charge in [-0.2, -0.15) is 0 Å². The van der Waals surface area contributed by atoms with Gasteiger partial charge in [-0.1, -0.05) is 18.2 Å². The molecule has 0 heterocycles. The van der Waals surface area contributed by atoms with Crippen molar-refractivity contribution >= 4 is 32.1 Å². The van der Waals surface area contributed by atoms with Gasteiger partial charge < -0.3 is 37.2 Å². The van der Waals surface area contributed by atoms with Crippen molar-refractivity contribution in [3.63, 3.8) is 0 Å². The predicted molar refractivity (Wildman–Crippen MR) is 72.6 cm³/mol. The fourth-order valence-electron chi connectivity index (χ4n) is 1.53. The second-order valence-corrected chi connectivity index (χ2v) is 13.5. The summed E-state index contributed by atoms with van der Waals surface area (Å²) in [5.74, 6) is 0. The van der Waals surface area contributed by atoms with Crippen LogP contribution < -0.4 is 42.5 Å². The van der Waals surface area contributed by atoms with Gasteiger partial charge in [0, 0.05) is 0 Å². The summed E-state index contributed by atoms with van der Waals surface area (Å²) in [5, 5.41) is 0.604. The third-order valence-electron chi connectivity index (χ3n) is 2.33. The second kappa shape index (κ2) is 11.5. The average molecular weight is 571 g/mol.